The summed E-state index contributed by atoms with van der Waals surface area (Å²) in [6, 6.07) is 9.11. The molecular formula is C19H22ClN3O3. The van der Waals surface area contributed by atoms with Crippen LogP contribution in [0, 0.1) is 0 Å². The number of carbonyl (C=O) groups is 1. The summed E-state index contributed by atoms with van der Waals surface area (Å²) in [5.41, 5.74) is 1.65. The number of amides is 1. The Kier molecular flexibility index (Phi) is 5.96. The van der Waals surface area contributed by atoms with Crippen molar-refractivity contribution in [2.45, 2.75) is 6.54 Å². The third-order valence-electron chi connectivity index (χ3n) is 4.51. The first-order valence-corrected chi connectivity index (χ1v) is 8.82. The molecule has 1 aromatic carbocycles. The molecule has 138 valence electrons. The Bertz CT molecular complexity index is 776. The fourth-order valence-electron chi connectivity index (χ4n) is 3.07. The minimum atomic E-state index is -0.00656. The van der Waals surface area contributed by atoms with E-state index in [9.17, 15) is 4.79 Å². The van der Waals surface area contributed by atoms with Crippen molar-refractivity contribution in [2.24, 2.45) is 0 Å². The van der Waals surface area contributed by atoms with E-state index >= 15 is 0 Å². The number of rotatable bonds is 5. The van der Waals surface area contributed by atoms with Crippen LogP contribution in [0.2, 0.25) is 5.15 Å². The fourth-order valence-corrected chi connectivity index (χ4v) is 3.25. The number of carbonyl (C=O) groups excluding carboxylic acids is 1. The van der Waals surface area contributed by atoms with Gasteiger partial charge in [-0.05, 0) is 30.3 Å². The summed E-state index contributed by atoms with van der Waals surface area (Å²) in [5, 5.41) is 0.333. The summed E-state index contributed by atoms with van der Waals surface area (Å²) in [4.78, 5) is 20.7. The zero-order chi connectivity index (χ0) is 18.5. The summed E-state index contributed by atoms with van der Waals surface area (Å²) < 4.78 is 10.8. The van der Waals surface area contributed by atoms with E-state index in [1.165, 1.54) is 0 Å². The Morgan fingerprint density at radius 2 is 1.88 bits per heavy atom. The van der Waals surface area contributed by atoms with Crippen LogP contribution in [-0.4, -0.2) is 61.1 Å². The monoisotopic (exact) mass is 375 g/mol. The van der Waals surface area contributed by atoms with Crippen LogP contribution in [0.4, 0.5) is 0 Å². The number of benzene rings is 1. The number of piperazine rings is 1. The summed E-state index contributed by atoms with van der Waals surface area (Å²) >= 11 is 5.88. The molecule has 6 nitrogen and oxygen atoms in total. The normalized spacial score (nSPS) is 15.0. The quantitative estimate of drug-likeness (QED) is 0.752. The van der Waals surface area contributed by atoms with E-state index in [0.717, 1.165) is 36.7 Å². The highest BCUT2D eigenvalue weighted by Gasteiger charge is 2.23. The van der Waals surface area contributed by atoms with E-state index < -0.39 is 0 Å². The molecule has 0 saturated carbocycles. The van der Waals surface area contributed by atoms with Crippen LogP contribution in [0.5, 0.6) is 11.5 Å². The molecule has 0 aliphatic carbocycles. The molecule has 0 unspecified atom stereocenters. The molecule has 0 atom stereocenters. The summed E-state index contributed by atoms with van der Waals surface area (Å²) in [6.45, 7) is 3.69. The molecule has 26 heavy (non-hydrogen) atoms. The maximum absolute atomic E-state index is 12.6. The Morgan fingerprint density at radius 3 is 2.54 bits per heavy atom. The second-order valence-electron chi connectivity index (χ2n) is 6.11. The van der Waals surface area contributed by atoms with Crippen molar-refractivity contribution in [3.8, 4) is 11.5 Å². The van der Waals surface area contributed by atoms with Gasteiger partial charge in [0.15, 0.2) is 0 Å². The fraction of sp³-hybridized carbons (Fsp3) is 0.368. The number of hydrogen-bond donors (Lipinski definition) is 0. The van der Waals surface area contributed by atoms with Gasteiger partial charge in [-0.3, -0.25) is 9.69 Å². The van der Waals surface area contributed by atoms with Crippen LogP contribution in [-0.2, 0) is 6.54 Å². The Labute approximate surface area is 158 Å². The zero-order valence-corrected chi connectivity index (χ0v) is 15.7. The number of ether oxygens (including phenoxy) is 2. The number of aromatic nitrogens is 1. The van der Waals surface area contributed by atoms with Crippen molar-refractivity contribution in [1.82, 2.24) is 14.8 Å². The molecule has 3 rings (SSSR count). The molecular weight excluding hydrogens is 354 g/mol. The van der Waals surface area contributed by atoms with E-state index in [1.807, 2.05) is 23.1 Å². The van der Waals surface area contributed by atoms with Crippen LogP contribution in [0.3, 0.4) is 0 Å². The van der Waals surface area contributed by atoms with Crippen molar-refractivity contribution in [3.05, 3.63) is 52.8 Å². The number of halogens is 1. The highest BCUT2D eigenvalue weighted by Crippen LogP contribution is 2.25. The van der Waals surface area contributed by atoms with Gasteiger partial charge >= 0.3 is 0 Å². The van der Waals surface area contributed by atoms with Crippen LogP contribution in [0.1, 0.15) is 15.9 Å². The van der Waals surface area contributed by atoms with E-state index in [-0.39, 0.29) is 5.91 Å². The second-order valence-corrected chi connectivity index (χ2v) is 6.50. The van der Waals surface area contributed by atoms with Gasteiger partial charge in [0.2, 0.25) is 0 Å². The lowest BCUT2D eigenvalue weighted by molar-refractivity contribution is 0.0627. The first-order chi connectivity index (χ1) is 12.6. The van der Waals surface area contributed by atoms with E-state index in [2.05, 4.69) is 9.88 Å². The highest BCUT2D eigenvalue weighted by molar-refractivity contribution is 6.29. The van der Waals surface area contributed by atoms with Gasteiger partial charge in [0, 0.05) is 50.0 Å². The first-order valence-electron chi connectivity index (χ1n) is 8.45. The standard InChI is InChI=1S/C19H22ClN3O3/c1-25-16-3-4-17(26-2)15(11-16)13-22-7-9-23(10-8-22)19(24)14-5-6-21-18(20)12-14/h3-6,11-12H,7-10,13H2,1-2H3. The van der Waals surface area contributed by atoms with Crippen molar-refractivity contribution in [3.63, 3.8) is 0 Å². The predicted molar refractivity (Wildman–Crippen MR) is 100.0 cm³/mol. The molecule has 2 aromatic rings. The van der Waals surface area contributed by atoms with E-state index in [1.54, 1.807) is 32.5 Å². The Hall–Kier alpha value is -2.31. The van der Waals surface area contributed by atoms with Gasteiger partial charge in [-0.25, -0.2) is 4.98 Å². The van der Waals surface area contributed by atoms with Crippen LogP contribution in [0.25, 0.3) is 0 Å². The largest absolute Gasteiger partial charge is 0.497 e. The summed E-state index contributed by atoms with van der Waals surface area (Å²) in [5.74, 6) is 1.65. The number of nitrogens with zero attached hydrogens (tertiary/aromatic N) is 3. The predicted octanol–water partition coefficient (Wildman–Crippen LogP) is 2.71. The lowest BCUT2D eigenvalue weighted by Gasteiger charge is -2.35. The topological polar surface area (TPSA) is 54.9 Å². The SMILES string of the molecule is COc1ccc(OC)c(CN2CCN(C(=O)c3ccnc(Cl)c3)CC2)c1. The average molecular weight is 376 g/mol. The zero-order valence-electron chi connectivity index (χ0n) is 14.9. The molecule has 1 aliphatic heterocycles. The summed E-state index contributed by atoms with van der Waals surface area (Å²) in [6.07, 6.45) is 1.56. The van der Waals surface area contributed by atoms with Crippen LogP contribution in [0.15, 0.2) is 36.5 Å². The van der Waals surface area contributed by atoms with Gasteiger partial charge < -0.3 is 14.4 Å². The molecule has 1 saturated heterocycles. The molecule has 0 radical (unpaired) electrons. The number of pyridine rings is 1. The maximum atomic E-state index is 12.6. The minimum Gasteiger partial charge on any atom is -0.497 e. The summed E-state index contributed by atoms with van der Waals surface area (Å²) in [7, 11) is 3.32. The van der Waals surface area contributed by atoms with Gasteiger partial charge in [-0.15, -0.1) is 0 Å². The van der Waals surface area contributed by atoms with Crippen LogP contribution >= 0.6 is 11.6 Å². The molecule has 0 N–H and O–H groups in total. The Morgan fingerprint density at radius 1 is 1.12 bits per heavy atom. The molecule has 7 heteroatoms. The van der Waals surface area contributed by atoms with Crippen molar-refractivity contribution in [1.29, 1.82) is 0 Å². The maximum Gasteiger partial charge on any atom is 0.254 e. The lowest BCUT2D eigenvalue weighted by Crippen LogP contribution is -2.48. The van der Waals surface area contributed by atoms with Gasteiger partial charge in [0.25, 0.3) is 5.91 Å². The molecule has 0 spiro atoms. The van der Waals surface area contributed by atoms with Crippen molar-refractivity contribution >= 4 is 17.5 Å². The third kappa shape index (κ3) is 4.26. The smallest absolute Gasteiger partial charge is 0.254 e. The van der Waals surface area contributed by atoms with E-state index in [4.69, 9.17) is 21.1 Å². The molecule has 2 heterocycles. The van der Waals surface area contributed by atoms with Crippen LogP contribution < -0.4 is 9.47 Å². The van der Waals surface area contributed by atoms with Gasteiger partial charge in [-0.2, -0.15) is 0 Å². The molecule has 1 amide bonds. The van der Waals surface area contributed by atoms with E-state index in [0.29, 0.717) is 23.8 Å². The third-order valence-corrected chi connectivity index (χ3v) is 4.72. The van der Waals surface area contributed by atoms with Crippen molar-refractivity contribution in [2.75, 3.05) is 40.4 Å². The number of hydrogen-bond acceptors (Lipinski definition) is 5. The van der Waals surface area contributed by atoms with Gasteiger partial charge in [0.1, 0.15) is 16.7 Å². The second kappa shape index (κ2) is 8.38. The van der Waals surface area contributed by atoms with Gasteiger partial charge in [0.05, 0.1) is 14.2 Å². The Balaban J connectivity index is 1.61. The average Bonchev–Trinajstić information content (AvgIpc) is 2.68. The minimum absolute atomic E-state index is 0.00656. The molecule has 1 aliphatic rings. The number of methoxy groups -OCH3 is 2. The molecule has 1 aromatic heterocycles. The first kappa shape index (κ1) is 18.5. The molecule has 1 fully saturated rings. The highest BCUT2D eigenvalue weighted by atomic mass is 35.5. The van der Waals surface area contributed by atoms with Crippen molar-refractivity contribution < 1.29 is 14.3 Å². The van der Waals surface area contributed by atoms with Gasteiger partial charge in [-0.1, -0.05) is 11.6 Å². The molecule has 0 bridgehead atoms. The lowest BCUT2D eigenvalue weighted by atomic mass is 10.1.